The van der Waals surface area contributed by atoms with Crippen LogP contribution in [-0.4, -0.2) is 23.1 Å². The second-order valence-electron chi connectivity index (χ2n) is 7.86. The minimum Gasteiger partial charge on any atom is -0.489 e. The summed E-state index contributed by atoms with van der Waals surface area (Å²) in [6.07, 6.45) is 0.567. The van der Waals surface area contributed by atoms with E-state index in [0.717, 1.165) is 29.2 Å². The molecule has 0 radical (unpaired) electrons. The number of ether oxygens (including phenoxy) is 1. The van der Waals surface area contributed by atoms with E-state index in [-0.39, 0.29) is 16.7 Å². The summed E-state index contributed by atoms with van der Waals surface area (Å²) in [5.41, 5.74) is 2.23. The van der Waals surface area contributed by atoms with Crippen LogP contribution in [0.15, 0.2) is 54.6 Å². The average molecular weight is 370 g/mol. The van der Waals surface area contributed by atoms with Gasteiger partial charge in [-0.25, -0.2) is 0 Å². The van der Waals surface area contributed by atoms with Crippen molar-refractivity contribution in [2.45, 2.75) is 39.2 Å². The number of nitrogens with zero attached hydrogens (tertiary/aromatic N) is 1. The van der Waals surface area contributed by atoms with Gasteiger partial charge in [0, 0.05) is 24.3 Å². The number of carbonyl (C=O) groups excluding carboxylic acids is 1. The summed E-state index contributed by atoms with van der Waals surface area (Å²) in [6, 6.07) is 18.3. The van der Waals surface area contributed by atoms with E-state index in [1.807, 2.05) is 53.1 Å². The van der Waals surface area contributed by atoms with Crippen LogP contribution in [0.1, 0.15) is 43.7 Å². The van der Waals surface area contributed by atoms with Crippen molar-refractivity contribution in [1.29, 1.82) is 0 Å². The fourth-order valence-corrected chi connectivity index (χ4v) is 4.39. The molecule has 138 valence electrons. The summed E-state index contributed by atoms with van der Waals surface area (Å²) in [5, 5.41) is 0.0387. The lowest BCUT2D eigenvalue weighted by Gasteiger charge is -2.28. The molecule has 0 unspecified atom stereocenters. The molecule has 3 rings (SSSR count). The van der Waals surface area contributed by atoms with Crippen molar-refractivity contribution in [3.8, 4) is 5.75 Å². The summed E-state index contributed by atoms with van der Waals surface area (Å²) in [5.74, 6) is 2.06. The molecule has 1 fully saturated rings. The fourth-order valence-electron chi connectivity index (χ4n) is 3.09. The topological polar surface area (TPSA) is 29.5 Å². The van der Waals surface area contributed by atoms with E-state index in [9.17, 15) is 4.79 Å². The van der Waals surface area contributed by atoms with Crippen LogP contribution in [0.25, 0.3) is 0 Å². The lowest BCUT2D eigenvalue weighted by molar-refractivity contribution is -0.133. The zero-order chi connectivity index (χ0) is 18.6. The Bertz CT molecular complexity index is 739. The highest BCUT2D eigenvalue weighted by atomic mass is 32.2. The molecular weight excluding hydrogens is 342 g/mol. The van der Waals surface area contributed by atoms with Crippen LogP contribution in [0.3, 0.4) is 0 Å². The normalized spacial score (nSPS) is 17.3. The first-order chi connectivity index (χ1) is 12.4. The maximum absolute atomic E-state index is 12.8. The number of benzene rings is 2. The van der Waals surface area contributed by atoms with Gasteiger partial charge in [-0.15, -0.1) is 11.8 Å². The predicted octanol–water partition coefficient (Wildman–Crippen LogP) is 5.28. The molecule has 0 bridgehead atoms. The Kier molecular flexibility index (Phi) is 5.92. The molecule has 1 aliphatic heterocycles. The molecule has 0 aliphatic carbocycles. The summed E-state index contributed by atoms with van der Waals surface area (Å²) < 4.78 is 6.11. The van der Waals surface area contributed by atoms with Gasteiger partial charge in [0.15, 0.2) is 0 Å². The first-order valence-corrected chi connectivity index (χ1v) is 10.2. The number of thioether (sulfide) groups is 1. The lowest BCUT2D eigenvalue weighted by atomic mass is 9.91. The predicted molar refractivity (Wildman–Crippen MR) is 108 cm³/mol. The summed E-state index contributed by atoms with van der Waals surface area (Å²) in [6.45, 7) is 7.67. The van der Waals surface area contributed by atoms with Crippen molar-refractivity contribution in [1.82, 2.24) is 4.90 Å². The monoisotopic (exact) mass is 369 g/mol. The summed E-state index contributed by atoms with van der Waals surface area (Å²) >= 11 is 1.82. The van der Waals surface area contributed by atoms with Gasteiger partial charge in [0.1, 0.15) is 17.7 Å². The highest BCUT2D eigenvalue weighted by molar-refractivity contribution is 7.99. The van der Waals surface area contributed by atoms with E-state index in [1.54, 1.807) is 0 Å². The number of hydrogen-bond donors (Lipinski definition) is 0. The molecule has 26 heavy (non-hydrogen) atoms. The van der Waals surface area contributed by atoms with Crippen molar-refractivity contribution < 1.29 is 9.53 Å². The van der Waals surface area contributed by atoms with E-state index in [2.05, 4.69) is 39.0 Å². The van der Waals surface area contributed by atoms with Gasteiger partial charge in [0.25, 0.3) is 0 Å². The van der Waals surface area contributed by atoms with Gasteiger partial charge in [0.2, 0.25) is 5.91 Å². The molecule has 1 atom stereocenters. The van der Waals surface area contributed by atoms with Gasteiger partial charge in [-0.1, -0.05) is 69.3 Å². The summed E-state index contributed by atoms with van der Waals surface area (Å²) in [4.78, 5) is 14.8. The second kappa shape index (κ2) is 8.17. The first kappa shape index (κ1) is 18.8. The molecule has 0 saturated carbocycles. The van der Waals surface area contributed by atoms with Crippen LogP contribution in [-0.2, 0) is 11.4 Å². The van der Waals surface area contributed by atoms with Gasteiger partial charge in [-0.3, -0.25) is 4.79 Å². The number of carbonyl (C=O) groups is 1. The standard InChI is InChI=1S/C22H27NO2S/c1-22(2,3)15-20(24)23-13-14-26-21(23)18-11-7-8-12-19(18)25-16-17-9-5-4-6-10-17/h4-12,21H,13-16H2,1-3H3/t21-/m1/s1. The zero-order valence-electron chi connectivity index (χ0n) is 15.8. The van der Waals surface area contributed by atoms with Crippen molar-refractivity contribution in [3.63, 3.8) is 0 Å². The molecule has 1 aliphatic rings. The van der Waals surface area contributed by atoms with E-state index in [1.165, 1.54) is 0 Å². The Labute approximate surface area is 160 Å². The molecule has 1 heterocycles. The lowest BCUT2D eigenvalue weighted by Crippen LogP contribution is -2.33. The Morgan fingerprint density at radius 3 is 2.54 bits per heavy atom. The van der Waals surface area contributed by atoms with Gasteiger partial charge in [-0.2, -0.15) is 0 Å². The van der Waals surface area contributed by atoms with Crippen LogP contribution in [0, 0.1) is 5.41 Å². The van der Waals surface area contributed by atoms with Gasteiger partial charge < -0.3 is 9.64 Å². The van der Waals surface area contributed by atoms with Crippen molar-refractivity contribution in [2.75, 3.05) is 12.3 Å². The van der Waals surface area contributed by atoms with E-state index in [4.69, 9.17) is 4.74 Å². The molecule has 1 saturated heterocycles. The quantitative estimate of drug-likeness (QED) is 0.718. The molecule has 3 nitrogen and oxygen atoms in total. The molecule has 0 spiro atoms. The Morgan fingerprint density at radius 1 is 1.12 bits per heavy atom. The van der Waals surface area contributed by atoms with Gasteiger partial charge in [-0.05, 0) is 17.0 Å². The third kappa shape index (κ3) is 4.82. The maximum Gasteiger partial charge on any atom is 0.224 e. The van der Waals surface area contributed by atoms with Crippen LogP contribution in [0.5, 0.6) is 5.75 Å². The third-order valence-corrected chi connectivity index (χ3v) is 5.56. The highest BCUT2D eigenvalue weighted by Gasteiger charge is 2.33. The Balaban J connectivity index is 1.76. The van der Waals surface area contributed by atoms with Crippen LogP contribution >= 0.6 is 11.8 Å². The van der Waals surface area contributed by atoms with Gasteiger partial charge in [0.05, 0.1) is 0 Å². The molecule has 4 heteroatoms. The van der Waals surface area contributed by atoms with Crippen LogP contribution < -0.4 is 4.74 Å². The Morgan fingerprint density at radius 2 is 1.81 bits per heavy atom. The van der Waals surface area contributed by atoms with Crippen LogP contribution in [0.4, 0.5) is 0 Å². The maximum atomic E-state index is 12.8. The molecule has 2 aromatic rings. The summed E-state index contributed by atoms with van der Waals surface area (Å²) in [7, 11) is 0. The van der Waals surface area contributed by atoms with Crippen molar-refractivity contribution in [2.24, 2.45) is 5.41 Å². The van der Waals surface area contributed by atoms with Crippen LogP contribution in [0.2, 0.25) is 0 Å². The minimum absolute atomic E-state index is 0.00177. The van der Waals surface area contributed by atoms with Crippen molar-refractivity contribution in [3.05, 3.63) is 65.7 Å². The van der Waals surface area contributed by atoms with E-state index in [0.29, 0.717) is 13.0 Å². The molecule has 0 N–H and O–H groups in total. The smallest absolute Gasteiger partial charge is 0.224 e. The number of hydrogen-bond acceptors (Lipinski definition) is 3. The van der Waals surface area contributed by atoms with E-state index < -0.39 is 0 Å². The fraction of sp³-hybridized carbons (Fsp3) is 0.409. The zero-order valence-corrected chi connectivity index (χ0v) is 16.6. The second-order valence-corrected chi connectivity index (χ2v) is 9.05. The third-order valence-electron chi connectivity index (χ3n) is 4.32. The largest absolute Gasteiger partial charge is 0.489 e. The minimum atomic E-state index is -0.00177. The van der Waals surface area contributed by atoms with Gasteiger partial charge >= 0.3 is 0 Å². The SMILES string of the molecule is CC(C)(C)CC(=O)N1CCS[C@@H]1c1ccccc1OCc1ccccc1. The molecular formula is C22H27NO2S. The molecule has 1 amide bonds. The highest BCUT2D eigenvalue weighted by Crippen LogP contribution is 2.42. The average Bonchev–Trinajstić information content (AvgIpc) is 3.09. The number of para-hydroxylation sites is 1. The number of amides is 1. The Hall–Kier alpha value is -1.94. The molecule has 0 aromatic heterocycles. The van der Waals surface area contributed by atoms with Crippen molar-refractivity contribution >= 4 is 17.7 Å². The number of rotatable bonds is 5. The van der Waals surface area contributed by atoms with E-state index >= 15 is 0 Å². The first-order valence-electron chi connectivity index (χ1n) is 9.11. The molecule has 2 aromatic carbocycles.